The van der Waals surface area contributed by atoms with E-state index < -0.39 is 18.0 Å². The zero-order valence-corrected chi connectivity index (χ0v) is 10.5. The molecule has 0 bridgehead atoms. The van der Waals surface area contributed by atoms with Crippen LogP contribution in [0.4, 0.5) is 5.69 Å². The summed E-state index contributed by atoms with van der Waals surface area (Å²) in [6.07, 6.45) is -0.220. The largest absolute Gasteiger partial charge is 0.478 e. The molecule has 0 spiro atoms. The lowest BCUT2D eigenvalue weighted by atomic mass is 10.1. The van der Waals surface area contributed by atoms with E-state index in [1.807, 2.05) is 0 Å². The third kappa shape index (κ3) is 2.96. The zero-order valence-electron chi connectivity index (χ0n) is 10.5. The molecule has 2 N–H and O–H groups in total. The number of hydrogen-bond acceptors (Lipinski definition) is 6. The first-order chi connectivity index (χ1) is 9.11. The van der Waals surface area contributed by atoms with E-state index in [2.05, 4.69) is 0 Å². The predicted octanol–water partition coefficient (Wildman–Crippen LogP) is 1.14. The molecule has 0 aliphatic carbocycles. The SMILES string of the molecule is CCOC(=O)c1cc(N)ccc1OC1CCOC1=O. The Morgan fingerprint density at radius 3 is 2.95 bits per heavy atom. The number of nitrogens with two attached hydrogens (primary N) is 1. The topological polar surface area (TPSA) is 87.8 Å². The van der Waals surface area contributed by atoms with Gasteiger partial charge in [-0.25, -0.2) is 9.59 Å². The summed E-state index contributed by atoms with van der Waals surface area (Å²) in [4.78, 5) is 23.2. The Morgan fingerprint density at radius 1 is 1.53 bits per heavy atom. The Kier molecular flexibility index (Phi) is 3.89. The Bertz CT molecular complexity index is 500. The van der Waals surface area contributed by atoms with E-state index in [0.29, 0.717) is 18.7 Å². The Balaban J connectivity index is 2.23. The first kappa shape index (κ1) is 13.2. The number of ether oxygens (including phenoxy) is 3. The van der Waals surface area contributed by atoms with E-state index in [9.17, 15) is 9.59 Å². The molecule has 0 amide bonds. The molecule has 0 aromatic heterocycles. The van der Waals surface area contributed by atoms with Crippen molar-refractivity contribution in [2.75, 3.05) is 18.9 Å². The summed E-state index contributed by atoms with van der Waals surface area (Å²) in [5.74, 6) is -0.681. The van der Waals surface area contributed by atoms with Crippen LogP contribution in [0, 0.1) is 0 Å². The number of benzene rings is 1. The smallest absolute Gasteiger partial charge is 0.347 e. The maximum absolute atomic E-state index is 11.8. The molecule has 1 heterocycles. The average Bonchev–Trinajstić information content (AvgIpc) is 2.77. The Morgan fingerprint density at radius 2 is 2.32 bits per heavy atom. The minimum absolute atomic E-state index is 0.210. The fourth-order valence-electron chi connectivity index (χ4n) is 1.76. The maximum atomic E-state index is 11.8. The molecular formula is C13H15NO5. The summed E-state index contributed by atoms with van der Waals surface area (Å²) in [6.45, 7) is 2.28. The molecule has 1 atom stereocenters. The summed E-state index contributed by atoms with van der Waals surface area (Å²) in [5, 5.41) is 0. The summed E-state index contributed by atoms with van der Waals surface area (Å²) < 4.78 is 15.2. The van der Waals surface area contributed by atoms with Gasteiger partial charge in [-0.15, -0.1) is 0 Å². The maximum Gasteiger partial charge on any atom is 0.347 e. The molecule has 6 heteroatoms. The summed E-state index contributed by atoms with van der Waals surface area (Å²) in [5.41, 5.74) is 6.27. The van der Waals surface area contributed by atoms with Crippen LogP contribution in [0.1, 0.15) is 23.7 Å². The first-order valence-electron chi connectivity index (χ1n) is 6.01. The summed E-state index contributed by atoms with van der Waals surface area (Å²) in [6, 6.07) is 4.61. The van der Waals surface area contributed by atoms with Gasteiger partial charge in [-0.3, -0.25) is 0 Å². The second-order valence-corrected chi connectivity index (χ2v) is 4.04. The number of esters is 2. The van der Waals surface area contributed by atoms with E-state index >= 15 is 0 Å². The van der Waals surface area contributed by atoms with Gasteiger partial charge in [-0.1, -0.05) is 0 Å². The van der Waals surface area contributed by atoms with Crippen LogP contribution in [0.2, 0.25) is 0 Å². The average molecular weight is 265 g/mol. The molecule has 1 aliphatic heterocycles. The van der Waals surface area contributed by atoms with Crippen LogP contribution in [-0.2, 0) is 14.3 Å². The third-order valence-electron chi connectivity index (χ3n) is 2.66. The second-order valence-electron chi connectivity index (χ2n) is 4.04. The Hall–Kier alpha value is -2.24. The monoisotopic (exact) mass is 265 g/mol. The van der Waals surface area contributed by atoms with Crippen molar-refractivity contribution in [2.24, 2.45) is 0 Å². The van der Waals surface area contributed by atoms with Crippen molar-refractivity contribution in [1.29, 1.82) is 0 Å². The van der Waals surface area contributed by atoms with Gasteiger partial charge in [0.15, 0.2) is 6.10 Å². The number of carbonyl (C=O) groups excluding carboxylic acids is 2. The van der Waals surface area contributed by atoms with Gasteiger partial charge in [0.05, 0.1) is 13.2 Å². The molecule has 0 radical (unpaired) electrons. The molecule has 1 aromatic rings. The van der Waals surface area contributed by atoms with E-state index in [1.54, 1.807) is 19.1 Å². The fourth-order valence-corrected chi connectivity index (χ4v) is 1.76. The highest BCUT2D eigenvalue weighted by Gasteiger charge is 2.29. The number of rotatable bonds is 4. The zero-order chi connectivity index (χ0) is 13.8. The van der Waals surface area contributed by atoms with E-state index in [1.165, 1.54) is 6.07 Å². The normalized spacial score (nSPS) is 17.9. The molecule has 1 fully saturated rings. The highest BCUT2D eigenvalue weighted by atomic mass is 16.6. The first-order valence-corrected chi connectivity index (χ1v) is 6.01. The molecule has 1 aliphatic rings. The van der Waals surface area contributed by atoms with E-state index in [4.69, 9.17) is 19.9 Å². The lowest BCUT2D eigenvalue weighted by Crippen LogP contribution is -2.23. The number of anilines is 1. The van der Waals surface area contributed by atoms with Gasteiger partial charge in [0.2, 0.25) is 0 Å². The fraction of sp³-hybridized carbons (Fsp3) is 0.385. The van der Waals surface area contributed by atoms with Crippen LogP contribution in [-0.4, -0.2) is 31.3 Å². The minimum atomic E-state index is -0.684. The third-order valence-corrected chi connectivity index (χ3v) is 2.66. The van der Waals surface area contributed by atoms with Crippen LogP contribution in [0.15, 0.2) is 18.2 Å². The lowest BCUT2D eigenvalue weighted by Gasteiger charge is -2.14. The van der Waals surface area contributed by atoms with Gasteiger partial charge in [-0.05, 0) is 25.1 Å². The van der Waals surface area contributed by atoms with Crippen molar-refractivity contribution in [3.8, 4) is 5.75 Å². The molecule has 102 valence electrons. The highest BCUT2D eigenvalue weighted by Crippen LogP contribution is 2.25. The van der Waals surface area contributed by atoms with Crippen molar-refractivity contribution in [3.63, 3.8) is 0 Å². The molecule has 19 heavy (non-hydrogen) atoms. The molecule has 1 saturated heterocycles. The minimum Gasteiger partial charge on any atom is -0.478 e. The van der Waals surface area contributed by atoms with Gasteiger partial charge in [0.1, 0.15) is 11.3 Å². The van der Waals surface area contributed by atoms with E-state index in [0.717, 1.165) is 0 Å². The van der Waals surface area contributed by atoms with Gasteiger partial charge in [-0.2, -0.15) is 0 Å². The lowest BCUT2D eigenvalue weighted by molar-refractivity contribution is -0.143. The quantitative estimate of drug-likeness (QED) is 0.648. The van der Waals surface area contributed by atoms with E-state index in [-0.39, 0.29) is 17.9 Å². The van der Waals surface area contributed by atoms with Crippen molar-refractivity contribution in [1.82, 2.24) is 0 Å². The highest BCUT2D eigenvalue weighted by molar-refractivity contribution is 5.93. The predicted molar refractivity (Wildman–Crippen MR) is 66.8 cm³/mol. The van der Waals surface area contributed by atoms with Crippen LogP contribution < -0.4 is 10.5 Å². The number of carbonyl (C=O) groups is 2. The molecule has 0 saturated carbocycles. The van der Waals surface area contributed by atoms with Crippen LogP contribution in [0.3, 0.4) is 0 Å². The van der Waals surface area contributed by atoms with Gasteiger partial charge in [0, 0.05) is 12.1 Å². The summed E-state index contributed by atoms with van der Waals surface area (Å²) >= 11 is 0. The van der Waals surface area contributed by atoms with Crippen molar-refractivity contribution in [3.05, 3.63) is 23.8 Å². The summed E-state index contributed by atoms with van der Waals surface area (Å²) in [7, 11) is 0. The molecule has 1 unspecified atom stereocenters. The van der Waals surface area contributed by atoms with Crippen LogP contribution in [0.5, 0.6) is 5.75 Å². The van der Waals surface area contributed by atoms with Gasteiger partial charge in [0.25, 0.3) is 0 Å². The number of cyclic esters (lactones) is 1. The molecule has 6 nitrogen and oxygen atoms in total. The standard InChI is InChI=1S/C13H15NO5/c1-2-17-12(15)9-7-8(14)3-4-10(9)19-11-5-6-18-13(11)16/h3-4,7,11H,2,5-6,14H2,1H3. The van der Waals surface area contributed by atoms with Crippen molar-refractivity contribution < 1.29 is 23.8 Å². The number of hydrogen-bond donors (Lipinski definition) is 1. The van der Waals surface area contributed by atoms with Gasteiger partial charge >= 0.3 is 11.9 Å². The van der Waals surface area contributed by atoms with Gasteiger partial charge < -0.3 is 19.9 Å². The molecular weight excluding hydrogens is 250 g/mol. The van der Waals surface area contributed by atoms with Crippen molar-refractivity contribution in [2.45, 2.75) is 19.4 Å². The Labute approximate surface area is 110 Å². The second kappa shape index (κ2) is 5.60. The van der Waals surface area contributed by atoms with Crippen LogP contribution in [0.25, 0.3) is 0 Å². The number of nitrogen functional groups attached to an aromatic ring is 1. The van der Waals surface area contributed by atoms with Crippen molar-refractivity contribution >= 4 is 17.6 Å². The molecule has 2 rings (SSSR count). The molecule has 1 aromatic carbocycles. The van der Waals surface area contributed by atoms with Crippen LogP contribution >= 0.6 is 0 Å².